The van der Waals surface area contributed by atoms with E-state index < -0.39 is 11.6 Å². The maximum Gasteiger partial charge on any atom is 0.417 e. The molecule has 1 amide bonds. The first kappa shape index (κ1) is 16.8. The number of nitrogens with zero attached hydrogens (tertiary/aromatic N) is 1. The van der Waals surface area contributed by atoms with E-state index >= 15 is 0 Å². The van der Waals surface area contributed by atoms with E-state index in [0.717, 1.165) is 0 Å². The average molecular weight is 367 g/mol. The second kappa shape index (κ2) is 6.56. The highest BCUT2D eigenvalue weighted by Gasteiger charge is 2.15. The van der Waals surface area contributed by atoms with Gasteiger partial charge in [-0.3, -0.25) is 9.78 Å². The molecule has 0 spiro atoms. The predicted molar refractivity (Wildman–Crippen MR) is 95.8 cm³/mol. The fourth-order valence-corrected chi connectivity index (χ4v) is 2.72. The summed E-state index contributed by atoms with van der Waals surface area (Å²) in [6.07, 6.45) is -0.00933. The molecule has 0 fully saturated rings. The van der Waals surface area contributed by atoms with Crippen molar-refractivity contribution in [1.82, 2.24) is 9.97 Å². The van der Waals surface area contributed by atoms with Crippen LogP contribution in [0.2, 0.25) is 0 Å². The van der Waals surface area contributed by atoms with Crippen LogP contribution in [-0.4, -0.2) is 15.9 Å². The number of carbonyl (C=O) groups excluding carboxylic acids is 1. The van der Waals surface area contributed by atoms with Crippen LogP contribution in [0.4, 0.5) is 10.1 Å². The van der Waals surface area contributed by atoms with Crippen LogP contribution in [0, 0.1) is 12.7 Å². The summed E-state index contributed by atoms with van der Waals surface area (Å²) in [4.78, 5) is 30.3. The first-order valence-electron chi connectivity index (χ1n) is 8.13. The van der Waals surface area contributed by atoms with Gasteiger partial charge in [0.2, 0.25) is 11.8 Å². The maximum absolute atomic E-state index is 13.4. The van der Waals surface area contributed by atoms with Gasteiger partial charge in [-0.25, -0.2) is 14.2 Å². The largest absolute Gasteiger partial charge is 0.441 e. The smallest absolute Gasteiger partial charge is 0.417 e. The Morgan fingerprint density at radius 1 is 1.22 bits per heavy atom. The number of carbonyl (C=O) groups is 1. The third-order valence-corrected chi connectivity index (χ3v) is 3.99. The highest BCUT2D eigenvalue weighted by Crippen LogP contribution is 2.23. The summed E-state index contributed by atoms with van der Waals surface area (Å²) in [6, 6.07) is 10.7. The molecule has 136 valence electrons. The topological polar surface area (TPSA) is 101 Å². The molecule has 0 saturated heterocycles. The van der Waals surface area contributed by atoms with Gasteiger partial charge < -0.3 is 14.2 Å². The minimum absolute atomic E-state index is 0.00933. The molecule has 0 aliphatic heterocycles. The van der Waals surface area contributed by atoms with E-state index in [2.05, 4.69) is 15.3 Å². The van der Waals surface area contributed by atoms with E-state index in [9.17, 15) is 14.0 Å². The molecule has 2 aromatic heterocycles. The molecule has 4 aromatic rings. The molecular weight excluding hydrogens is 353 g/mol. The minimum Gasteiger partial charge on any atom is -0.441 e. The molecular formula is C19H14FN3O4. The Bertz CT molecular complexity index is 1210. The number of fused-ring (bicyclic) bond motifs is 1. The molecule has 0 aliphatic rings. The highest BCUT2D eigenvalue weighted by molar-refractivity contribution is 5.94. The van der Waals surface area contributed by atoms with Gasteiger partial charge >= 0.3 is 5.76 Å². The van der Waals surface area contributed by atoms with Crippen molar-refractivity contribution in [1.29, 1.82) is 0 Å². The van der Waals surface area contributed by atoms with Crippen molar-refractivity contribution in [2.45, 2.75) is 13.3 Å². The maximum atomic E-state index is 13.4. The summed E-state index contributed by atoms with van der Waals surface area (Å²) < 4.78 is 23.8. The molecule has 27 heavy (non-hydrogen) atoms. The Hall–Kier alpha value is -3.68. The molecule has 2 N–H and O–H groups in total. The lowest BCUT2D eigenvalue weighted by atomic mass is 10.2. The van der Waals surface area contributed by atoms with E-state index in [1.807, 2.05) is 0 Å². The number of aromatic amines is 1. The third kappa shape index (κ3) is 3.50. The summed E-state index contributed by atoms with van der Waals surface area (Å²) in [5.74, 6) is -0.513. The van der Waals surface area contributed by atoms with Crippen LogP contribution in [0.25, 0.3) is 22.6 Å². The Labute approximate surface area is 151 Å². The molecule has 4 rings (SSSR count). The number of oxazole rings is 2. The predicted octanol–water partition coefficient (Wildman–Crippen LogP) is 3.40. The standard InChI is InChI=1S/C19H14FN3O4/c1-10-14(22-18(26-10)11-3-2-4-12(20)7-11)9-17(24)21-13-5-6-16-15(8-13)23-19(25)27-16/h2-8H,9H2,1H3,(H,21,24)(H,23,25). The van der Waals surface area contributed by atoms with Crippen LogP contribution in [0.5, 0.6) is 0 Å². The van der Waals surface area contributed by atoms with Crippen molar-refractivity contribution >= 4 is 22.7 Å². The van der Waals surface area contributed by atoms with Gasteiger partial charge in [0.25, 0.3) is 0 Å². The SMILES string of the molecule is Cc1oc(-c2cccc(F)c2)nc1CC(=O)Nc1ccc2oc(=O)[nH]c2c1. The molecule has 2 heterocycles. The average Bonchev–Trinajstić information content (AvgIpc) is 3.16. The van der Waals surface area contributed by atoms with E-state index in [1.165, 1.54) is 12.1 Å². The van der Waals surface area contributed by atoms with E-state index in [4.69, 9.17) is 8.83 Å². The number of aromatic nitrogens is 2. The summed E-state index contributed by atoms with van der Waals surface area (Å²) >= 11 is 0. The van der Waals surface area contributed by atoms with Gasteiger partial charge in [0.05, 0.1) is 17.6 Å². The van der Waals surface area contributed by atoms with Gasteiger partial charge in [-0.05, 0) is 43.3 Å². The van der Waals surface area contributed by atoms with Gasteiger partial charge in [-0.15, -0.1) is 0 Å². The van der Waals surface area contributed by atoms with Crippen LogP contribution >= 0.6 is 0 Å². The fourth-order valence-electron chi connectivity index (χ4n) is 2.72. The quantitative estimate of drug-likeness (QED) is 0.576. The zero-order valence-electron chi connectivity index (χ0n) is 14.2. The van der Waals surface area contributed by atoms with E-state index in [1.54, 1.807) is 37.3 Å². The van der Waals surface area contributed by atoms with E-state index in [0.29, 0.717) is 33.8 Å². The van der Waals surface area contributed by atoms with Crippen LogP contribution in [-0.2, 0) is 11.2 Å². The van der Waals surface area contributed by atoms with Gasteiger partial charge in [-0.2, -0.15) is 0 Å². The number of hydrogen-bond acceptors (Lipinski definition) is 5. The third-order valence-electron chi connectivity index (χ3n) is 3.99. The van der Waals surface area contributed by atoms with Crippen LogP contribution < -0.4 is 11.1 Å². The zero-order chi connectivity index (χ0) is 19.0. The van der Waals surface area contributed by atoms with Crippen molar-refractivity contribution in [3.05, 3.63) is 70.3 Å². The molecule has 7 nitrogen and oxygen atoms in total. The monoisotopic (exact) mass is 367 g/mol. The summed E-state index contributed by atoms with van der Waals surface area (Å²) in [6.45, 7) is 1.70. The Morgan fingerprint density at radius 2 is 2.07 bits per heavy atom. The minimum atomic E-state index is -0.559. The first-order chi connectivity index (χ1) is 13.0. The van der Waals surface area contributed by atoms with E-state index in [-0.39, 0.29) is 18.2 Å². The van der Waals surface area contributed by atoms with Gasteiger partial charge in [0, 0.05) is 11.3 Å². The molecule has 8 heteroatoms. The lowest BCUT2D eigenvalue weighted by molar-refractivity contribution is -0.115. The van der Waals surface area contributed by atoms with Gasteiger partial charge in [0.15, 0.2) is 5.58 Å². The van der Waals surface area contributed by atoms with Crippen molar-refractivity contribution < 1.29 is 18.0 Å². The summed E-state index contributed by atoms with van der Waals surface area (Å²) in [7, 11) is 0. The van der Waals surface area contributed by atoms with Crippen molar-refractivity contribution in [3.63, 3.8) is 0 Å². The number of anilines is 1. The lowest BCUT2D eigenvalue weighted by Crippen LogP contribution is -2.15. The second-order valence-corrected chi connectivity index (χ2v) is 5.98. The Kier molecular flexibility index (Phi) is 4.08. The number of aryl methyl sites for hydroxylation is 1. The molecule has 0 saturated carbocycles. The highest BCUT2D eigenvalue weighted by atomic mass is 19.1. The second-order valence-electron chi connectivity index (χ2n) is 5.98. The summed E-state index contributed by atoms with van der Waals surface area (Å²) in [5.41, 5.74) is 2.37. The van der Waals surface area contributed by atoms with Gasteiger partial charge in [0.1, 0.15) is 11.6 Å². The molecule has 0 atom stereocenters. The number of halogens is 1. The molecule has 0 aliphatic carbocycles. The number of nitrogens with one attached hydrogen (secondary N) is 2. The zero-order valence-corrected chi connectivity index (χ0v) is 14.2. The molecule has 2 aromatic carbocycles. The van der Waals surface area contributed by atoms with Crippen LogP contribution in [0.1, 0.15) is 11.5 Å². The summed E-state index contributed by atoms with van der Waals surface area (Å²) in [5, 5.41) is 2.73. The lowest BCUT2D eigenvalue weighted by Gasteiger charge is -2.03. The number of rotatable bonds is 4. The number of hydrogen-bond donors (Lipinski definition) is 2. The van der Waals surface area contributed by atoms with Crippen LogP contribution in [0.15, 0.2) is 56.1 Å². The molecule has 0 unspecified atom stereocenters. The Morgan fingerprint density at radius 3 is 2.89 bits per heavy atom. The fraction of sp³-hybridized carbons (Fsp3) is 0.105. The van der Waals surface area contributed by atoms with Crippen molar-refractivity contribution in [3.8, 4) is 11.5 Å². The number of benzene rings is 2. The Balaban J connectivity index is 1.51. The molecule has 0 bridgehead atoms. The van der Waals surface area contributed by atoms with Crippen molar-refractivity contribution in [2.24, 2.45) is 0 Å². The molecule has 0 radical (unpaired) electrons. The number of amides is 1. The van der Waals surface area contributed by atoms with Crippen LogP contribution in [0.3, 0.4) is 0 Å². The van der Waals surface area contributed by atoms with Crippen molar-refractivity contribution in [2.75, 3.05) is 5.32 Å². The number of H-pyrrole nitrogens is 1. The normalized spacial score (nSPS) is 11.0. The van der Waals surface area contributed by atoms with Gasteiger partial charge in [-0.1, -0.05) is 6.07 Å². The first-order valence-corrected chi connectivity index (χ1v) is 8.13.